The Balaban J connectivity index is 1.50. The van der Waals surface area contributed by atoms with Crippen molar-refractivity contribution in [3.05, 3.63) is 83.5 Å². The van der Waals surface area contributed by atoms with E-state index in [1.807, 2.05) is 12.1 Å². The Morgan fingerprint density at radius 2 is 1.86 bits per heavy atom. The molecule has 0 aliphatic heterocycles. The van der Waals surface area contributed by atoms with Gasteiger partial charge in [0.15, 0.2) is 0 Å². The van der Waals surface area contributed by atoms with Gasteiger partial charge in [0, 0.05) is 32.2 Å². The summed E-state index contributed by atoms with van der Waals surface area (Å²) in [4.78, 5) is 0. The van der Waals surface area contributed by atoms with Crippen molar-refractivity contribution in [2.75, 3.05) is 0 Å². The zero-order valence-corrected chi connectivity index (χ0v) is 16.0. The van der Waals surface area contributed by atoms with Gasteiger partial charge in [-0.1, -0.05) is 60.4 Å². The first-order valence-corrected chi connectivity index (χ1v) is 10.1. The third-order valence-corrected chi connectivity index (χ3v) is 6.35. The van der Waals surface area contributed by atoms with Crippen LogP contribution >= 0.6 is 11.3 Å². The monoisotopic (exact) mass is 380 g/mol. The molecule has 0 radical (unpaired) electrons. The number of benzene rings is 2. The molecule has 0 amide bonds. The van der Waals surface area contributed by atoms with Gasteiger partial charge in [0.1, 0.15) is 0 Å². The van der Waals surface area contributed by atoms with Crippen LogP contribution in [-0.4, -0.2) is 17.2 Å². The zero-order valence-electron chi connectivity index (χ0n) is 15.1. The summed E-state index contributed by atoms with van der Waals surface area (Å²) in [6.45, 7) is 0. The molecule has 0 fully saturated rings. The van der Waals surface area contributed by atoms with Gasteiger partial charge in [0.2, 0.25) is 0 Å². The maximum atomic E-state index is 9.72. The van der Waals surface area contributed by atoms with Crippen molar-refractivity contribution in [3.8, 4) is 11.8 Å². The minimum Gasteiger partial charge on any atom is -0.423 e. The Hall–Kier alpha value is -2.84. The van der Waals surface area contributed by atoms with Crippen molar-refractivity contribution in [1.29, 1.82) is 0 Å². The molecule has 0 saturated carbocycles. The first kappa shape index (κ1) is 17.3. The maximum Gasteiger partial charge on any atom is 0.489 e. The normalized spacial score (nSPS) is 15.7. The molecule has 0 atom stereocenters. The molecule has 2 N–H and O–H groups in total. The molecule has 134 valence electrons. The van der Waals surface area contributed by atoms with Crippen LogP contribution in [0.3, 0.4) is 0 Å². The number of thiophene rings is 1. The Labute approximate surface area is 168 Å². The van der Waals surface area contributed by atoms with Crippen LogP contribution in [0.25, 0.3) is 25.7 Å². The van der Waals surface area contributed by atoms with Crippen molar-refractivity contribution in [2.45, 2.75) is 12.8 Å². The number of allylic oxidation sites excluding steroid dienone is 8. The predicted octanol–water partition coefficient (Wildman–Crippen LogP) is 4.34. The first-order chi connectivity index (χ1) is 13.7. The summed E-state index contributed by atoms with van der Waals surface area (Å²) in [5, 5.41) is 21.5. The molecule has 2 nitrogen and oxygen atoms in total. The second kappa shape index (κ2) is 6.96. The van der Waals surface area contributed by atoms with Gasteiger partial charge in [-0.15, -0.1) is 11.3 Å². The molecule has 0 unspecified atom stereocenters. The number of hydrogen-bond donors (Lipinski definition) is 2. The molecule has 28 heavy (non-hydrogen) atoms. The number of hydrogen-bond acceptors (Lipinski definition) is 3. The summed E-state index contributed by atoms with van der Waals surface area (Å²) in [7, 11) is -1.46. The van der Waals surface area contributed by atoms with Gasteiger partial charge >= 0.3 is 7.12 Å². The van der Waals surface area contributed by atoms with E-state index in [2.05, 4.69) is 60.4 Å². The van der Waals surface area contributed by atoms with E-state index >= 15 is 0 Å². The average molecular weight is 380 g/mol. The lowest BCUT2D eigenvalue weighted by Crippen LogP contribution is -2.30. The van der Waals surface area contributed by atoms with E-state index in [1.54, 1.807) is 17.4 Å². The lowest BCUT2D eigenvalue weighted by Gasteiger charge is -2.06. The highest BCUT2D eigenvalue weighted by molar-refractivity contribution is 7.26. The second-order valence-corrected chi connectivity index (χ2v) is 8.07. The SMILES string of the molecule is OB(O)c1cccc2sc3cc(C4=CC=C(C5=CC=CCC#C5)C4)ccc3c12. The highest BCUT2D eigenvalue weighted by Crippen LogP contribution is 2.37. The van der Waals surface area contributed by atoms with Crippen LogP contribution in [-0.2, 0) is 0 Å². The van der Waals surface area contributed by atoms with Crippen molar-refractivity contribution in [1.82, 2.24) is 0 Å². The summed E-state index contributed by atoms with van der Waals surface area (Å²) in [5.74, 6) is 6.44. The third-order valence-electron chi connectivity index (χ3n) is 5.23. The van der Waals surface area contributed by atoms with Crippen LogP contribution in [0.4, 0.5) is 0 Å². The van der Waals surface area contributed by atoms with E-state index in [0.717, 1.165) is 38.6 Å². The average Bonchev–Trinajstić information content (AvgIpc) is 3.24. The standard InChI is InChI=1S/C24H17BO2S/c26-25(27)21-8-5-9-22-24(21)20-13-12-19(15-23(20)28-22)18-11-10-17(14-18)16-6-3-1-2-4-7-16/h1,3,5-6,8-13,15,26-27H,2,14H2. The fraction of sp³-hybridized carbons (Fsp3) is 0.0833. The molecule has 3 aromatic rings. The van der Waals surface area contributed by atoms with Gasteiger partial charge in [-0.2, -0.15) is 0 Å². The van der Waals surface area contributed by atoms with Gasteiger partial charge < -0.3 is 10.0 Å². The van der Waals surface area contributed by atoms with Crippen LogP contribution in [0.15, 0.2) is 77.9 Å². The lowest BCUT2D eigenvalue weighted by atomic mass is 9.77. The van der Waals surface area contributed by atoms with Gasteiger partial charge in [-0.25, -0.2) is 0 Å². The van der Waals surface area contributed by atoms with Gasteiger partial charge in [0.05, 0.1) is 0 Å². The van der Waals surface area contributed by atoms with E-state index in [1.165, 1.54) is 16.7 Å². The Bertz CT molecular complexity index is 1290. The summed E-state index contributed by atoms with van der Waals surface area (Å²) < 4.78 is 2.23. The maximum absolute atomic E-state index is 9.72. The molecule has 1 aromatic heterocycles. The van der Waals surface area contributed by atoms with Crippen molar-refractivity contribution in [3.63, 3.8) is 0 Å². The van der Waals surface area contributed by atoms with Crippen LogP contribution < -0.4 is 5.46 Å². The summed E-state index contributed by atoms with van der Waals surface area (Å²) in [6, 6.07) is 12.1. The van der Waals surface area contributed by atoms with Crippen LogP contribution in [0.2, 0.25) is 0 Å². The van der Waals surface area contributed by atoms with E-state index in [0.29, 0.717) is 5.46 Å². The summed E-state index contributed by atoms with van der Waals surface area (Å²) >= 11 is 1.69. The molecule has 5 rings (SSSR count). The predicted molar refractivity (Wildman–Crippen MR) is 119 cm³/mol. The minimum absolute atomic E-state index is 0.562. The first-order valence-electron chi connectivity index (χ1n) is 9.28. The summed E-state index contributed by atoms with van der Waals surface area (Å²) in [5.41, 5.74) is 5.41. The number of rotatable bonds is 3. The summed E-state index contributed by atoms with van der Waals surface area (Å²) in [6.07, 6.45) is 12.3. The second-order valence-electron chi connectivity index (χ2n) is 6.98. The molecule has 1 heterocycles. The van der Waals surface area contributed by atoms with E-state index in [-0.39, 0.29) is 0 Å². The fourth-order valence-electron chi connectivity index (χ4n) is 3.84. The van der Waals surface area contributed by atoms with Crippen LogP contribution in [0.1, 0.15) is 18.4 Å². The quantitative estimate of drug-likeness (QED) is 0.524. The lowest BCUT2D eigenvalue weighted by molar-refractivity contribution is 0.426. The molecular weight excluding hydrogens is 363 g/mol. The van der Waals surface area contributed by atoms with Crippen molar-refractivity contribution in [2.24, 2.45) is 0 Å². The zero-order chi connectivity index (χ0) is 19.1. The van der Waals surface area contributed by atoms with Crippen molar-refractivity contribution >= 4 is 49.7 Å². The Morgan fingerprint density at radius 3 is 2.75 bits per heavy atom. The number of fused-ring (bicyclic) bond motifs is 3. The molecule has 0 saturated heterocycles. The molecule has 4 heteroatoms. The highest BCUT2D eigenvalue weighted by Gasteiger charge is 2.19. The topological polar surface area (TPSA) is 40.5 Å². The molecule has 2 aliphatic rings. The third kappa shape index (κ3) is 2.94. The largest absolute Gasteiger partial charge is 0.489 e. The molecule has 0 spiro atoms. The van der Waals surface area contributed by atoms with E-state index < -0.39 is 7.12 Å². The fourth-order valence-corrected chi connectivity index (χ4v) is 5.02. The molecule has 2 aromatic carbocycles. The van der Waals surface area contributed by atoms with Gasteiger partial charge in [-0.3, -0.25) is 0 Å². The Morgan fingerprint density at radius 1 is 0.964 bits per heavy atom. The minimum atomic E-state index is -1.46. The van der Waals surface area contributed by atoms with Crippen molar-refractivity contribution < 1.29 is 10.0 Å². The van der Waals surface area contributed by atoms with Gasteiger partial charge in [0.25, 0.3) is 0 Å². The Kier molecular flexibility index (Phi) is 4.29. The molecular formula is C24H17BO2S. The smallest absolute Gasteiger partial charge is 0.423 e. The van der Waals surface area contributed by atoms with Crippen LogP contribution in [0.5, 0.6) is 0 Å². The molecule has 0 bridgehead atoms. The highest BCUT2D eigenvalue weighted by atomic mass is 32.1. The molecule has 2 aliphatic carbocycles. The van der Waals surface area contributed by atoms with Gasteiger partial charge in [-0.05, 0) is 46.8 Å². The van der Waals surface area contributed by atoms with E-state index in [4.69, 9.17) is 0 Å². The van der Waals surface area contributed by atoms with E-state index in [9.17, 15) is 10.0 Å². The van der Waals surface area contributed by atoms with Crippen LogP contribution in [0, 0.1) is 11.8 Å².